The summed E-state index contributed by atoms with van der Waals surface area (Å²) < 4.78 is 1.24. The summed E-state index contributed by atoms with van der Waals surface area (Å²) in [5.41, 5.74) is 1.08. The summed E-state index contributed by atoms with van der Waals surface area (Å²) in [4.78, 5) is 25.5. The molecule has 7 heteroatoms. The molecule has 0 N–H and O–H groups in total. The molecule has 4 rings (SSSR count). The lowest BCUT2D eigenvalue weighted by atomic mass is 9.97. The molecule has 140 valence electrons. The van der Waals surface area contributed by atoms with Crippen LogP contribution in [0.25, 0.3) is 10.2 Å². The van der Waals surface area contributed by atoms with Crippen LogP contribution in [0, 0.1) is 0 Å². The van der Waals surface area contributed by atoms with Crippen molar-refractivity contribution in [3.8, 4) is 0 Å². The summed E-state index contributed by atoms with van der Waals surface area (Å²) >= 11 is 7.65. The van der Waals surface area contributed by atoms with Gasteiger partial charge in [0.05, 0.1) is 26.8 Å². The van der Waals surface area contributed by atoms with Crippen LogP contribution in [-0.4, -0.2) is 47.5 Å². The van der Waals surface area contributed by atoms with Gasteiger partial charge in [-0.2, -0.15) is 0 Å². The zero-order valence-corrected chi connectivity index (χ0v) is 16.7. The fraction of sp³-hybridized carbons (Fsp3) is 0.350. The normalized spacial score (nSPS) is 15.3. The van der Waals surface area contributed by atoms with Gasteiger partial charge < -0.3 is 9.80 Å². The van der Waals surface area contributed by atoms with Crippen molar-refractivity contribution in [2.24, 2.45) is 0 Å². The average Bonchev–Trinajstić information content (AvgIpc) is 3.13. The third-order valence-corrected chi connectivity index (χ3v) is 6.41. The molecule has 0 bridgehead atoms. The molecule has 1 fully saturated rings. The number of para-hydroxylation sites is 1. The highest BCUT2D eigenvalue weighted by atomic mass is 35.5. The van der Waals surface area contributed by atoms with E-state index < -0.39 is 0 Å². The van der Waals surface area contributed by atoms with Gasteiger partial charge in [0.1, 0.15) is 5.82 Å². The van der Waals surface area contributed by atoms with E-state index in [0.29, 0.717) is 17.5 Å². The maximum absolute atomic E-state index is 12.7. The lowest BCUT2D eigenvalue weighted by molar-refractivity contribution is -0.130. The Labute approximate surface area is 167 Å². The molecule has 1 aromatic carbocycles. The summed E-state index contributed by atoms with van der Waals surface area (Å²) in [6.07, 6.45) is 3.53. The van der Waals surface area contributed by atoms with Gasteiger partial charge in [0.25, 0.3) is 0 Å². The maximum Gasteiger partial charge on any atom is 0.242 e. The molecule has 3 heterocycles. The Morgan fingerprint density at radius 1 is 1.26 bits per heavy atom. The number of hydrogen-bond acceptors (Lipinski definition) is 5. The van der Waals surface area contributed by atoms with Gasteiger partial charge in [-0.3, -0.25) is 4.79 Å². The highest BCUT2D eigenvalue weighted by Gasteiger charge is 2.26. The third-order valence-electron chi connectivity index (χ3n) is 4.98. The van der Waals surface area contributed by atoms with Gasteiger partial charge in [-0.05, 0) is 37.1 Å². The second-order valence-electron chi connectivity index (χ2n) is 6.87. The molecule has 2 aromatic heterocycles. The predicted octanol–water partition coefficient (Wildman–Crippen LogP) is 4.19. The summed E-state index contributed by atoms with van der Waals surface area (Å²) in [6.45, 7) is 1.88. The van der Waals surface area contributed by atoms with Gasteiger partial charge in [0.2, 0.25) is 5.91 Å². The van der Waals surface area contributed by atoms with Crippen LogP contribution in [0.1, 0.15) is 23.8 Å². The zero-order chi connectivity index (χ0) is 18.8. The first-order valence-corrected chi connectivity index (χ1v) is 10.3. The van der Waals surface area contributed by atoms with Crippen LogP contribution in [0.4, 0.5) is 5.82 Å². The number of thiazole rings is 1. The lowest BCUT2D eigenvalue weighted by Crippen LogP contribution is -2.43. The lowest BCUT2D eigenvalue weighted by Gasteiger charge is -2.32. The van der Waals surface area contributed by atoms with Crippen LogP contribution < -0.4 is 4.90 Å². The molecular weight excluding hydrogens is 380 g/mol. The highest BCUT2D eigenvalue weighted by molar-refractivity contribution is 7.18. The molecule has 0 spiro atoms. The predicted molar refractivity (Wildman–Crippen MR) is 111 cm³/mol. The molecule has 5 nitrogen and oxygen atoms in total. The van der Waals surface area contributed by atoms with Crippen LogP contribution in [-0.2, 0) is 4.79 Å². The van der Waals surface area contributed by atoms with Gasteiger partial charge in [0.15, 0.2) is 0 Å². The number of nitrogens with zero attached hydrogens (tertiary/aromatic N) is 4. The zero-order valence-electron chi connectivity index (χ0n) is 15.1. The van der Waals surface area contributed by atoms with E-state index >= 15 is 0 Å². The van der Waals surface area contributed by atoms with Gasteiger partial charge in [-0.1, -0.05) is 23.7 Å². The summed E-state index contributed by atoms with van der Waals surface area (Å²) in [6, 6.07) is 11.9. The number of piperidine rings is 1. The molecule has 1 aliphatic rings. The van der Waals surface area contributed by atoms with E-state index in [-0.39, 0.29) is 5.91 Å². The van der Waals surface area contributed by atoms with Gasteiger partial charge in [-0.15, -0.1) is 11.3 Å². The second kappa shape index (κ2) is 7.82. The molecule has 0 atom stereocenters. The number of amides is 1. The van der Waals surface area contributed by atoms with E-state index in [1.165, 1.54) is 9.71 Å². The van der Waals surface area contributed by atoms with Crippen LogP contribution in [0.2, 0.25) is 5.02 Å². The van der Waals surface area contributed by atoms with Gasteiger partial charge >= 0.3 is 0 Å². The topological polar surface area (TPSA) is 49.3 Å². The number of likely N-dealkylation sites (tertiary alicyclic amines) is 1. The number of halogens is 1. The molecule has 1 aliphatic heterocycles. The van der Waals surface area contributed by atoms with Crippen LogP contribution in [0.15, 0.2) is 42.6 Å². The molecule has 0 aliphatic carbocycles. The smallest absolute Gasteiger partial charge is 0.242 e. The van der Waals surface area contributed by atoms with Crippen molar-refractivity contribution in [1.29, 1.82) is 0 Å². The Morgan fingerprint density at radius 2 is 2.04 bits per heavy atom. The van der Waals surface area contributed by atoms with E-state index in [2.05, 4.69) is 23.2 Å². The maximum atomic E-state index is 12.7. The summed E-state index contributed by atoms with van der Waals surface area (Å²) in [7, 11) is 1.88. The number of fused-ring (bicyclic) bond motifs is 1. The van der Waals surface area contributed by atoms with Crippen LogP contribution in [0.5, 0.6) is 0 Å². The summed E-state index contributed by atoms with van der Waals surface area (Å²) in [5, 5.41) is 1.79. The number of anilines is 1. The molecule has 1 saturated heterocycles. The molecular formula is C20H21ClN4OS. The van der Waals surface area contributed by atoms with E-state index in [9.17, 15) is 4.79 Å². The van der Waals surface area contributed by atoms with Crippen molar-refractivity contribution in [2.45, 2.75) is 18.8 Å². The number of aromatic nitrogens is 2. The van der Waals surface area contributed by atoms with E-state index in [1.807, 2.05) is 29.0 Å². The molecule has 0 unspecified atom stereocenters. The number of hydrogen-bond donors (Lipinski definition) is 0. The van der Waals surface area contributed by atoms with Crippen molar-refractivity contribution in [3.05, 3.63) is 52.6 Å². The van der Waals surface area contributed by atoms with Crippen LogP contribution >= 0.6 is 22.9 Å². The third kappa shape index (κ3) is 4.06. The number of rotatable bonds is 4. The minimum Gasteiger partial charge on any atom is -0.350 e. The number of benzene rings is 1. The SMILES string of the molecule is CN(CC(=O)N1CCC(c2nc3ccccc3s2)CC1)c1ccc(Cl)cn1. The number of carbonyl (C=O) groups is 1. The standard InChI is InChI=1S/C20H21ClN4OS/c1-24(18-7-6-15(21)12-22-18)13-19(26)25-10-8-14(9-11-25)20-23-16-4-2-3-5-17(16)27-20/h2-7,12,14H,8-11,13H2,1H3. The van der Waals surface area contributed by atoms with Gasteiger partial charge in [0, 0.05) is 32.3 Å². The van der Waals surface area contributed by atoms with Crippen molar-refractivity contribution in [3.63, 3.8) is 0 Å². The molecule has 1 amide bonds. The molecule has 0 saturated carbocycles. The molecule has 27 heavy (non-hydrogen) atoms. The monoisotopic (exact) mass is 400 g/mol. The quantitative estimate of drug-likeness (QED) is 0.659. The first-order valence-electron chi connectivity index (χ1n) is 9.06. The number of pyridine rings is 1. The largest absolute Gasteiger partial charge is 0.350 e. The Bertz CT molecular complexity index is 902. The Morgan fingerprint density at radius 3 is 2.74 bits per heavy atom. The average molecular weight is 401 g/mol. The second-order valence-corrected chi connectivity index (χ2v) is 8.36. The first kappa shape index (κ1) is 18.2. The minimum atomic E-state index is 0.136. The highest BCUT2D eigenvalue weighted by Crippen LogP contribution is 2.33. The minimum absolute atomic E-state index is 0.136. The van der Waals surface area contributed by atoms with Crippen molar-refractivity contribution >= 4 is 44.9 Å². The van der Waals surface area contributed by atoms with Gasteiger partial charge in [-0.25, -0.2) is 9.97 Å². The van der Waals surface area contributed by atoms with Crippen molar-refractivity contribution in [2.75, 3.05) is 31.6 Å². The Kier molecular flexibility index (Phi) is 5.27. The van der Waals surface area contributed by atoms with E-state index in [1.54, 1.807) is 23.6 Å². The number of carbonyl (C=O) groups excluding carboxylic acids is 1. The fourth-order valence-corrected chi connectivity index (χ4v) is 4.67. The Hall–Kier alpha value is -2.18. The molecule has 3 aromatic rings. The molecule has 0 radical (unpaired) electrons. The Balaban J connectivity index is 1.34. The van der Waals surface area contributed by atoms with E-state index in [4.69, 9.17) is 16.6 Å². The van der Waals surface area contributed by atoms with E-state index in [0.717, 1.165) is 37.3 Å². The van der Waals surface area contributed by atoms with Crippen LogP contribution in [0.3, 0.4) is 0 Å². The summed E-state index contributed by atoms with van der Waals surface area (Å²) in [5.74, 6) is 1.33. The number of likely N-dealkylation sites (N-methyl/N-ethyl adjacent to an activating group) is 1. The first-order chi connectivity index (χ1) is 13.1. The fourth-order valence-electron chi connectivity index (χ4n) is 3.42. The van der Waals surface area contributed by atoms with Crippen molar-refractivity contribution in [1.82, 2.24) is 14.9 Å². The van der Waals surface area contributed by atoms with Crippen molar-refractivity contribution < 1.29 is 4.79 Å².